The lowest BCUT2D eigenvalue weighted by Gasteiger charge is -2.24. The molecule has 2 amide bonds. The lowest BCUT2D eigenvalue weighted by Crippen LogP contribution is -2.45. The second-order valence-corrected chi connectivity index (χ2v) is 7.83. The molecule has 0 radical (unpaired) electrons. The van der Waals surface area contributed by atoms with Crippen molar-refractivity contribution in [1.29, 1.82) is 0 Å². The number of benzene rings is 1. The summed E-state index contributed by atoms with van der Waals surface area (Å²) >= 11 is 0. The third-order valence-electron chi connectivity index (χ3n) is 5.71. The highest BCUT2D eigenvalue weighted by atomic mass is 16.5. The zero-order valence-electron chi connectivity index (χ0n) is 16.9. The number of aromatic nitrogens is 3. The predicted octanol–water partition coefficient (Wildman–Crippen LogP) is 4.60. The number of H-pyrrole nitrogens is 2. The van der Waals surface area contributed by atoms with E-state index in [1.54, 1.807) is 6.20 Å². The maximum atomic E-state index is 12.4. The number of nitrogens with zero attached hydrogens (tertiary/aromatic N) is 1. The maximum absolute atomic E-state index is 12.4. The quantitative estimate of drug-likeness (QED) is 0.401. The van der Waals surface area contributed by atoms with Gasteiger partial charge in [0.05, 0.1) is 6.04 Å². The molecular weight excluding hydrogens is 378 g/mol. The fraction of sp³-hybridized carbons (Fsp3) is 0.304. The lowest BCUT2D eigenvalue weighted by atomic mass is 10.0. The molecule has 1 fully saturated rings. The minimum Gasteiger partial charge on any atom is -0.360 e. The molecule has 4 N–H and O–H groups in total. The Bertz CT molecular complexity index is 1160. The normalized spacial score (nSPS) is 17.8. The standard InChI is InChI=1S/C23H25N5O2/c1-14(26-23(29)28-21-6-2-3-10-30-21)15-7-8-19-17(11-15)18(13-25-19)20-12-16-5-4-9-24-22(16)27-20/h4-5,7-9,11-14,21,25H,2-3,6,10H2,1H3,(H,24,27)(H2,26,28,29). The van der Waals surface area contributed by atoms with Gasteiger partial charge in [-0.25, -0.2) is 9.78 Å². The maximum Gasteiger partial charge on any atom is 0.317 e. The third kappa shape index (κ3) is 3.64. The summed E-state index contributed by atoms with van der Waals surface area (Å²) in [5.41, 5.74) is 5.05. The van der Waals surface area contributed by atoms with E-state index in [9.17, 15) is 4.79 Å². The summed E-state index contributed by atoms with van der Waals surface area (Å²) in [5, 5.41) is 8.12. The molecule has 7 heteroatoms. The van der Waals surface area contributed by atoms with Crippen LogP contribution in [0.5, 0.6) is 0 Å². The molecule has 4 heterocycles. The number of ether oxygens (including phenoxy) is 1. The van der Waals surface area contributed by atoms with Gasteiger partial charge in [0, 0.05) is 46.5 Å². The van der Waals surface area contributed by atoms with Crippen LogP contribution >= 0.6 is 0 Å². The van der Waals surface area contributed by atoms with Gasteiger partial charge in [-0.1, -0.05) is 6.07 Å². The molecule has 2 unspecified atom stereocenters. The highest BCUT2D eigenvalue weighted by molar-refractivity contribution is 5.97. The van der Waals surface area contributed by atoms with Crippen molar-refractivity contribution in [2.75, 3.05) is 6.61 Å². The van der Waals surface area contributed by atoms with Crippen molar-refractivity contribution in [2.24, 2.45) is 0 Å². The van der Waals surface area contributed by atoms with Crippen LogP contribution in [0.25, 0.3) is 33.2 Å². The van der Waals surface area contributed by atoms with Crippen molar-refractivity contribution in [3.8, 4) is 11.3 Å². The zero-order chi connectivity index (χ0) is 20.5. The number of amides is 2. The second kappa shape index (κ2) is 7.84. The van der Waals surface area contributed by atoms with Crippen LogP contribution in [-0.2, 0) is 4.74 Å². The van der Waals surface area contributed by atoms with Gasteiger partial charge in [0.25, 0.3) is 0 Å². The van der Waals surface area contributed by atoms with E-state index in [-0.39, 0.29) is 18.3 Å². The van der Waals surface area contributed by atoms with E-state index in [4.69, 9.17) is 4.74 Å². The van der Waals surface area contributed by atoms with Crippen LogP contribution in [0.1, 0.15) is 37.8 Å². The molecule has 0 bridgehead atoms. The molecule has 154 valence electrons. The van der Waals surface area contributed by atoms with Crippen molar-refractivity contribution in [2.45, 2.75) is 38.5 Å². The van der Waals surface area contributed by atoms with Gasteiger partial charge >= 0.3 is 6.03 Å². The Morgan fingerprint density at radius 1 is 1.27 bits per heavy atom. The molecule has 7 nitrogen and oxygen atoms in total. The SMILES string of the molecule is CC(NC(=O)NC1CCCCO1)c1ccc2[nH]cc(-c3cc4cccnc4[nH]3)c2c1. The average molecular weight is 403 g/mol. The van der Waals surface area contributed by atoms with Crippen LogP contribution in [0.3, 0.4) is 0 Å². The number of pyridine rings is 1. The van der Waals surface area contributed by atoms with E-state index in [2.05, 4.69) is 43.8 Å². The van der Waals surface area contributed by atoms with Gasteiger partial charge in [-0.05, 0) is 62.1 Å². The monoisotopic (exact) mass is 403 g/mol. The van der Waals surface area contributed by atoms with Crippen LogP contribution in [0.2, 0.25) is 0 Å². The van der Waals surface area contributed by atoms with Gasteiger partial charge in [0.1, 0.15) is 11.9 Å². The number of hydrogen-bond acceptors (Lipinski definition) is 3. The molecule has 5 rings (SSSR count). The van der Waals surface area contributed by atoms with Crippen LogP contribution in [0.4, 0.5) is 4.79 Å². The summed E-state index contributed by atoms with van der Waals surface area (Å²) in [5.74, 6) is 0. The van der Waals surface area contributed by atoms with Crippen molar-refractivity contribution >= 4 is 28.0 Å². The van der Waals surface area contributed by atoms with Gasteiger partial charge in [-0.2, -0.15) is 0 Å². The van der Waals surface area contributed by atoms with E-state index < -0.39 is 0 Å². The molecule has 1 saturated heterocycles. The fourth-order valence-corrected chi connectivity index (χ4v) is 4.06. The predicted molar refractivity (Wildman–Crippen MR) is 117 cm³/mol. The van der Waals surface area contributed by atoms with E-state index in [0.717, 1.165) is 58.0 Å². The Hall–Kier alpha value is -3.32. The Morgan fingerprint density at radius 2 is 2.20 bits per heavy atom. The Balaban J connectivity index is 1.37. The topological polar surface area (TPSA) is 94.8 Å². The first-order chi connectivity index (χ1) is 14.7. The van der Waals surface area contributed by atoms with E-state index in [1.807, 2.05) is 31.3 Å². The summed E-state index contributed by atoms with van der Waals surface area (Å²) in [6, 6.07) is 12.0. The number of carbonyl (C=O) groups excluding carboxylic acids is 1. The summed E-state index contributed by atoms with van der Waals surface area (Å²) in [6.45, 7) is 2.69. The molecule has 0 saturated carbocycles. The van der Waals surface area contributed by atoms with Crippen LogP contribution < -0.4 is 10.6 Å². The Morgan fingerprint density at radius 3 is 3.03 bits per heavy atom. The number of urea groups is 1. The number of aromatic amines is 2. The summed E-state index contributed by atoms with van der Waals surface area (Å²) < 4.78 is 5.59. The van der Waals surface area contributed by atoms with Gasteiger partial charge < -0.3 is 25.3 Å². The van der Waals surface area contributed by atoms with Crippen LogP contribution in [0.15, 0.2) is 48.8 Å². The molecule has 4 aromatic rings. The Labute approximate surface area is 174 Å². The van der Waals surface area contributed by atoms with E-state index in [1.165, 1.54) is 0 Å². The number of fused-ring (bicyclic) bond motifs is 2. The Kier molecular flexibility index (Phi) is 4.88. The van der Waals surface area contributed by atoms with Gasteiger partial charge in [-0.3, -0.25) is 0 Å². The highest BCUT2D eigenvalue weighted by Crippen LogP contribution is 2.31. The largest absolute Gasteiger partial charge is 0.360 e. The first kappa shape index (κ1) is 18.7. The van der Waals surface area contributed by atoms with E-state index >= 15 is 0 Å². The molecule has 0 aliphatic carbocycles. The zero-order valence-corrected chi connectivity index (χ0v) is 16.9. The lowest BCUT2D eigenvalue weighted by molar-refractivity contribution is 0.00218. The van der Waals surface area contributed by atoms with Crippen molar-refractivity contribution < 1.29 is 9.53 Å². The average Bonchev–Trinajstić information content (AvgIpc) is 3.37. The van der Waals surface area contributed by atoms with Gasteiger partial charge in [0.15, 0.2) is 0 Å². The fourth-order valence-electron chi connectivity index (χ4n) is 4.06. The minimum absolute atomic E-state index is 0.134. The molecule has 0 spiro atoms. The number of carbonyl (C=O) groups is 1. The molecule has 30 heavy (non-hydrogen) atoms. The van der Waals surface area contributed by atoms with Crippen molar-refractivity contribution in [3.05, 3.63) is 54.4 Å². The summed E-state index contributed by atoms with van der Waals surface area (Å²) in [4.78, 5) is 23.5. The van der Waals surface area contributed by atoms with Crippen LogP contribution in [-0.4, -0.2) is 33.8 Å². The second-order valence-electron chi connectivity index (χ2n) is 7.83. The minimum atomic E-state index is -0.203. The number of rotatable bonds is 4. The molecule has 1 aliphatic heterocycles. The van der Waals surface area contributed by atoms with Gasteiger partial charge in [-0.15, -0.1) is 0 Å². The molecular formula is C23H25N5O2. The molecule has 3 aromatic heterocycles. The van der Waals surface area contributed by atoms with Gasteiger partial charge in [0.2, 0.25) is 0 Å². The molecule has 1 aromatic carbocycles. The first-order valence-electron chi connectivity index (χ1n) is 10.4. The summed E-state index contributed by atoms with van der Waals surface area (Å²) in [7, 11) is 0. The van der Waals surface area contributed by atoms with Crippen molar-refractivity contribution in [3.63, 3.8) is 0 Å². The number of hydrogen-bond donors (Lipinski definition) is 4. The summed E-state index contributed by atoms with van der Waals surface area (Å²) in [6.07, 6.45) is 6.59. The van der Waals surface area contributed by atoms with Crippen molar-refractivity contribution in [1.82, 2.24) is 25.6 Å². The first-order valence-corrected chi connectivity index (χ1v) is 10.4. The van der Waals surface area contributed by atoms with Crippen LogP contribution in [0, 0.1) is 0 Å². The number of nitrogens with one attached hydrogen (secondary N) is 4. The molecule has 2 atom stereocenters. The third-order valence-corrected chi connectivity index (χ3v) is 5.71. The highest BCUT2D eigenvalue weighted by Gasteiger charge is 2.18. The smallest absolute Gasteiger partial charge is 0.317 e. The molecule has 1 aliphatic rings. The van der Waals surface area contributed by atoms with E-state index in [0.29, 0.717) is 6.61 Å².